The van der Waals surface area contributed by atoms with E-state index in [-0.39, 0.29) is 0 Å². The van der Waals surface area contributed by atoms with Crippen molar-refractivity contribution in [3.63, 3.8) is 0 Å². The highest BCUT2D eigenvalue weighted by Gasteiger charge is 2.19. The summed E-state index contributed by atoms with van der Waals surface area (Å²) in [7, 11) is 0. The molecule has 1 saturated heterocycles. The van der Waals surface area contributed by atoms with E-state index in [0.717, 1.165) is 44.7 Å². The fourth-order valence-corrected chi connectivity index (χ4v) is 2.03. The Labute approximate surface area is 87.5 Å². The van der Waals surface area contributed by atoms with Crippen molar-refractivity contribution in [2.45, 2.75) is 46.0 Å². The Morgan fingerprint density at radius 3 is 2.57 bits per heavy atom. The van der Waals surface area contributed by atoms with Crippen LogP contribution in [0, 0.1) is 11.8 Å². The van der Waals surface area contributed by atoms with Gasteiger partial charge in [-0.1, -0.05) is 20.3 Å². The molecule has 1 fully saturated rings. The van der Waals surface area contributed by atoms with E-state index < -0.39 is 0 Å². The molecule has 0 radical (unpaired) electrons. The summed E-state index contributed by atoms with van der Waals surface area (Å²) in [5.74, 6) is 1.60. The molecule has 14 heavy (non-hydrogen) atoms. The van der Waals surface area contributed by atoms with Crippen LogP contribution in [0.25, 0.3) is 0 Å². The van der Waals surface area contributed by atoms with Crippen LogP contribution in [0.15, 0.2) is 0 Å². The van der Waals surface area contributed by atoms with E-state index in [4.69, 9.17) is 0 Å². The number of piperidine rings is 1. The summed E-state index contributed by atoms with van der Waals surface area (Å²) in [4.78, 5) is 11.8. The summed E-state index contributed by atoms with van der Waals surface area (Å²) >= 11 is 0. The molecular formula is C12H23NO. The highest BCUT2D eigenvalue weighted by Crippen LogP contribution is 2.17. The maximum atomic E-state index is 11.8. The SMILES string of the molecule is CC(C)CCCC(=O)C1CCNCC1. The van der Waals surface area contributed by atoms with Gasteiger partial charge in [-0.05, 0) is 38.3 Å². The number of carbonyl (C=O) groups is 1. The number of rotatable bonds is 5. The van der Waals surface area contributed by atoms with Gasteiger partial charge in [0, 0.05) is 12.3 Å². The van der Waals surface area contributed by atoms with Gasteiger partial charge in [-0.3, -0.25) is 4.79 Å². The molecule has 2 heteroatoms. The Morgan fingerprint density at radius 1 is 1.36 bits per heavy atom. The Morgan fingerprint density at radius 2 is 2.00 bits per heavy atom. The molecule has 2 nitrogen and oxygen atoms in total. The first-order valence-corrected chi connectivity index (χ1v) is 5.93. The average Bonchev–Trinajstić information content (AvgIpc) is 2.18. The first-order chi connectivity index (χ1) is 6.70. The van der Waals surface area contributed by atoms with Gasteiger partial charge >= 0.3 is 0 Å². The fourth-order valence-electron chi connectivity index (χ4n) is 2.03. The van der Waals surface area contributed by atoms with Crippen molar-refractivity contribution in [3.8, 4) is 0 Å². The fraction of sp³-hybridized carbons (Fsp3) is 0.917. The molecule has 0 amide bonds. The van der Waals surface area contributed by atoms with Gasteiger partial charge in [0.15, 0.2) is 0 Å². The molecule has 1 N–H and O–H groups in total. The number of nitrogens with one attached hydrogen (secondary N) is 1. The third kappa shape index (κ3) is 4.23. The molecule has 82 valence electrons. The van der Waals surface area contributed by atoms with Crippen LogP contribution in [0.1, 0.15) is 46.0 Å². The van der Waals surface area contributed by atoms with Crippen LogP contribution in [0.4, 0.5) is 0 Å². The molecule has 0 aromatic heterocycles. The molecule has 1 heterocycles. The van der Waals surface area contributed by atoms with Gasteiger partial charge in [-0.25, -0.2) is 0 Å². The van der Waals surface area contributed by atoms with Crippen LogP contribution < -0.4 is 5.32 Å². The van der Waals surface area contributed by atoms with Crippen LogP contribution in [-0.4, -0.2) is 18.9 Å². The number of hydrogen-bond donors (Lipinski definition) is 1. The van der Waals surface area contributed by atoms with Crippen molar-refractivity contribution in [2.24, 2.45) is 11.8 Å². The second-order valence-electron chi connectivity index (χ2n) is 4.78. The molecule has 0 aromatic carbocycles. The smallest absolute Gasteiger partial charge is 0.136 e. The van der Waals surface area contributed by atoms with E-state index >= 15 is 0 Å². The average molecular weight is 197 g/mol. The van der Waals surface area contributed by atoms with E-state index in [2.05, 4.69) is 19.2 Å². The summed E-state index contributed by atoms with van der Waals surface area (Å²) in [6.45, 7) is 6.49. The lowest BCUT2D eigenvalue weighted by molar-refractivity contribution is -0.123. The first-order valence-electron chi connectivity index (χ1n) is 5.93. The number of ketones is 1. The maximum Gasteiger partial charge on any atom is 0.136 e. The third-order valence-electron chi connectivity index (χ3n) is 3.00. The summed E-state index contributed by atoms with van der Waals surface area (Å²) < 4.78 is 0. The first kappa shape index (κ1) is 11.7. The zero-order valence-corrected chi connectivity index (χ0v) is 9.51. The summed E-state index contributed by atoms with van der Waals surface area (Å²) in [6.07, 6.45) is 5.20. The molecule has 0 spiro atoms. The summed E-state index contributed by atoms with van der Waals surface area (Å²) in [6, 6.07) is 0. The number of carbonyl (C=O) groups excluding carboxylic acids is 1. The lowest BCUT2D eigenvalue weighted by Gasteiger charge is -2.21. The largest absolute Gasteiger partial charge is 0.317 e. The molecule has 0 aromatic rings. The molecule has 0 unspecified atom stereocenters. The van der Waals surface area contributed by atoms with Crippen LogP contribution in [0.2, 0.25) is 0 Å². The Balaban J connectivity index is 2.13. The predicted octanol–water partition coefficient (Wildman–Crippen LogP) is 2.38. The van der Waals surface area contributed by atoms with Gasteiger partial charge in [0.1, 0.15) is 5.78 Å². The number of Topliss-reactive ketones (excluding diaryl/α,β-unsaturated/α-hetero) is 1. The van der Waals surface area contributed by atoms with Gasteiger partial charge in [0.25, 0.3) is 0 Å². The van der Waals surface area contributed by atoms with Crippen LogP contribution in [0.5, 0.6) is 0 Å². The molecule has 1 aliphatic heterocycles. The van der Waals surface area contributed by atoms with Crippen molar-refractivity contribution in [2.75, 3.05) is 13.1 Å². The monoisotopic (exact) mass is 197 g/mol. The third-order valence-corrected chi connectivity index (χ3v) is 3.00. The van der Waals surface area contributed by atoms with Gasteiger partial charge in [-0.15, -0.1) is 0 Å². The van der Waals surface area contributed by atoms with Crippen molar-refractivity contribution in [3.05, 3.63) is 0 Å². The van der Waals surface area contributed by atoms with Crippen LogP contribution >= 0.6 is 0 Å². The van der Waals surface area contributed by atoms with Crippen molar-refractivity contribution in [1.29, 1.82) is 0 Å². The standard InChI is InChI=1S/C12H23NO/c1-10(2)4-3-5-12(14)11-6-8-13-9-7-11/h10-11,13H,3-9H2,1-2H3. The summed E-state index contributed by atoms with van der Waals surface area (Å²) in [5.41, 5.74) is 0. The van der Waals surface area contributed by atoms with Gasteiger partial charge in [0.05, 0.1) is 0 Å². The quantitative estimate of drug-likeness (QED) is 0.733. The topological polar surface area (TPSA) is 29.1 Å². The Bertz CT molecular complexity index is 171. The highest BCUT2D eigenvalue weighted by atomic mass is 16.1. The normalized spacial score (nSPS) is 18.8. The lowest BCUT2D eigenvalue weighted by Crippen LogP contribution is -2.31. The molecule has 0 atom stereocenters. The minimum absolute atomic E-state index is 0.364. The molecule has 0 saturated carbocycles. The van der Waals surface area contributed by atoms with Crippen LogP contribution in [0.3, 0.4) is 0 Å². The van der Waals surface area contributed by atoms with E-state index in [0.29, 0.717) is 11.7 Å². The zero-order chi connectivity index (χ0) is 10.4. The van der Waals surface area contributed by atoms with Gasteiger partial charge < -0.3 is 5.32 Å². The molecule has 1 aliphatic rings. The van der Waals surface area contributed by atoms with E-state index in [1.165, 1.54) is 6.42 Å². The van der Waals surface area contributed by atoms with Crippen molar-refractivity contribution in [1.82, 2.24) is 5.32 Å². The maximum absolute atomic E-state index is 11.8. The number of hydrogen-bond acceptors (Lipinski definition) is 2. The van der Waals surface area contributed by atoms with E-state index in [1.54, 1.807) is 0 Å². The van der Waals surface area contributed by atoms with Crippen LogP contribution in [-0.2, 0) is 4.79 Å². The van der Waals surface area contributed by atoms with Crippen molar-refractivity contribution < 1.29 is 4.79 Å². The summed E-state index contributed by atoms with van der Waals surface area (Å²) in [5, 5.41) is 3.29. The van der Waals surface area contributed by atoms with E-state index in [1.807, 2.05) is 0 Å². The molecular weight excluding hydrogens is 174 g/mol. The minimum atomic E-state index is 0.364. The van der Waals surface area contributed by atoms with Gasteiger partial charge in [0.2, 0.25) is 0 Å². The molecule has 0 bridgehead atoms. The second-order valence-corrected chi connectivity index (χ2v) is 4.78. The van der Waals surface area contributed by atoms with E-state index in [9.17, 15) is 4.79 Å². The zero-order valence-electron chi connectivity index (χ0n) is 9.51. The lowest BCUT2D eigenvalue weighted by atomic mass is 9.90. The van der Waals surface area contributed by atoms with Crippen molar-refractivity contribution >= 4 is 5.78 Å². The highest BCUT2D eigenvalue weighted by molar-refractivity contribution is 5.81. The minimum Gasteiger partial charge on any atom is -0.317 e. The Hall–Kier alpha value is -0.370. The Kier molecular flexibility index (Phi) is 5.16. The second kappa shape index (κ2) is 6.18. The molecule has 0 aliphatic carbocycles. The van der Waals surface area contributed by atoms with Gasteiger partial charge in [-0.2, -0.15) is 0 Å². The predicted molar refractivity (Wildman–Crippen MR) is 59.3 cm³/mol. The molecule has 1 rings (SSSR count).